The van der Waals surface area contributed by atoms with Gasteiger partial charge in [0.2, 0.25) is 5.91 Å². The van der Waals surface area contributed by atoms with E-state index in [2.05, 4.69) is 10.3 Å². The summed E-state index contributed by atoms with van der Waals surface area (Å²) in [5, 5.41) is 3.47. The number of morpholine rings is 1. The van der Waals surface area contributed by atoms with E-state index >= 15 is 0 Å². The molecule has 1 aliphatic heterocycles. The van der Waals surface area contributed by atoms with Crippen LogP contribution >= 0.6 is 0 Å². The van der Waals surface area contributed by atoms with Crippen molar-refractivity contribution in [1.82, 2.24) is 19.8 Å². The van der Waals surface area contributed by atoms with E-state index in [-0.39, 0.29) is 17.4 Å². The molecule has 4 rings (SSSR count). The highest BCUT2D eigenvalue weighted by atomic mass is 16.5. The summed E-state index contributed by atoms with van der Waals surface area (Å²) in [6.07, 6.45) is 2.38. The summed E-state index contributed by atoms with van der Waals surface area (Å²) < 4.78 is 6.82. The lowest BCUT2D eigenvalue weighted by Gasteiger charge is -2.26. The van der Waals surface area contributed by atoms with Crippen LogP contribution in [-0.4, -0.2) is 52.6 Å². The van der Waals surface area contributed by atoms with Crippen LogP contribution in [0.15, 0.2) is 59.7 Å². The van der Waals surface area contributed by atoms with E-state index in [1.165, 1.54) is 6.33 Å². The molecule has 166 valence electrons. The van der Waals surface area contributed by atoms with E-state index in [1.54, 1.807) is 33.7 Å². The Bertz CT molecular complexity index is 1150. The molecule has 0 aliphatic carbocycles. The van der Waals surface area contributed by atoms with Gasteiger partial charge in [-0.2, -0.15) is 0 Å². The summed E-state index contributed by atoms with van der Waals surface area (Å²) in [6, 6.07) is 14.5. The number of para-hydroxylation sites is 1. The summed E-state index contributed by atoms with van der Waals surface area (Å²) in [6.45, 7) is 3.19. The van der Waals surface area contributed by atoms with Gasteiger partial charge in [-0.3, -0.25) is 19.0 Å². The zero-order chi connectivity index (χ0) is 22.3. The van der Waals surface area contributed by atoms with E-state index in [0.29, 0.717) is 68.7 Å². The normalized spacial score (nSPS) is 13.8. The fraction of sp³-hybridized carbons (Fsp3) is 0.333. The molecule has 0 radical (unpaired) electrons. The van der Waals surface area contributed by atoms with Gasteiger partial charge in [0, 0.05) is 38.2 Å². The first-order valence-corrected chi connectivity index (χ1v) is 10.8. The van der Waals surface area contributed by atoms with Crippen LogP contribution in [0.5, 0.6) is 0 Å². The lowest BCUT2D eigenvalue weighted by molar-refractivity contribution is -0.121. The van der Waals surface area contributed by atoms with Gasteiger partial charge in [-0.05, 0) is 36.2 Å². The van der Waals surface area contributed by atoms with Crippen molar-refractivity contribution in [2.24, 2.45) is 0 Å². The number of aromatic nitrogens is 2. The SMILES string of the molecule is O=C(CCCn1cnc2ccccc2c1=O)NCc1ccc(C(=O)N2CCOCC2)cc1. The Kier molecular flexibility index (Phi) is 6.91. The molecule has 1 aliphatic rings. The van der Waals surface area contributed by atoms with Crippen molar-refractivity contribution >= 4 is 22.7 Å². The maximum Gasteiger partial charge on any atom is 0.261 e. The number of rotatable bonds is 7. The molecule has 8 heteroatoms. The summed E-state index contributed by atoms with van der Waals surface area (Å²) in [5.41, 5.74) is 2.13. The molecular weight excluding hydrogens is 408 g/mol. The van der Waals surface area contributed by atoms with Gasteiger partial charge in [0.15, 0.2) is 0 Å². The number of hydrogen-bond donors (Lipinski definition) is 1. The van der Waals surface area contributed by atoms with Crippen LogP contribution in [0.4, 0.5) is 0 Å². The summed E-state index contributed by atoms with van der Waals surface area (Å²) in [7, 11) is 0. The van der Waals surface area contributed by atoms with E-state index in [9.17, 15) is 14.4 Å². The van der Waals surface area contributed by atoms with Gasteiger partial charge >= 0.3 is 0 Å². The molecule has 2 aromatic carbocycles. The molecular formula is C24H26N4O4. The molecule has 2 heterocycles. The third-order valence-corrected chi connectivity index (χ3v) is 5.52. The number of nitrogens with one attached hydrogen (secondary N) is 1. The highest BCUT2D eigenvalue weighted by Gasteiger charge is 2.18. The third-order valence-electron chi connectivity index (χ3n) is 5.52. The summed E-state index contributed by atoms with van der Waals surface area (Å²) >= 11 is 0. The van der Waals surface area contributed by atoms with Gasteiger partial charge < -0.3 is 15.0 Å². The van der Waals surface area contributed by atoms with Crippen molar-refractivity contribution in [1.29, 1.82) is 0 Å². The van der Waals surface area contributed by atoms with Crippen molar-refractivity contribution in [3.05, 3.63) is 76.3 Å². The topological polar surface area (TPSA) is 93.5 Å². The quantitative estimate of drug-likeness (QED) is 0.614. The summed E-state index contributed by atoms with van der Waals surface area (Å²) in [5.74, 6) is -0.0809. The molecule has 0 unspecified atom stereocenters. The molecule has 0 saturated carbocycles. The average Bonchev–Trinajstić information content (AvgIpc) is 2.85. The van der Waals surface area contributed by atoms with Crippen molar-refractivity contribution in [2.75, 3.05) is 26.3 Å². The molecule has 0 spiro atoms. The van der Waals surface area contributed by atoms with Crippen molar-refractivity contribution in [2.45, 2.75) is 25.9 Å². The van der Waals surface area contributed by atoms with Crippen molar-refractivity contribution < 1.29 is 14.3 Å². The lowest BCUT2D eigenvalue weighted by Crippen LogP contribution is -2.40. The number of ether oxygens (including phenoxy) is 1. The second-order valence-electron chi connectivity index (χ2n) is 7.74. The van der Waals surface area contributed by atoms with Crippen LogP contribution in [0.3, 0.4) is 0 Å². The number of aryl methyl sites for hydroxylation is 1. The van der Waals surface area contributed by atoms with Gasteiger partial charge in [-0.1, -0.05) is 24.3 Å². The summed E-state index contributed by atoms with van der Waals surface area (Å²) in [4.78, 5) is 43.2. The second kappa shape index (κ2) is 10.2. The zero-order valence-corrected chi connectivity index (χ0v) is 17.8. The molecule has 2 amide bonds. The van der Waals surface area contributed by atoms with E-state index in [4.69, 9.17) is 4.74 Å². The van der Waals surface area contributed by atoms with Gasteiger partial charge in [0.25, 0.3) is 11.5 Å². The molecule has 1 N–H and O–H groups in total. The first-order valence-electron chi connectivity index (χ1n) is 10.8. The Morgan fingerprint density at radius 2 is 1.78 bits per heavy atom. The maximum atomic E-state index is 12.5. The second-order valence-corrected chi connectivity index (χ2v) is 7.74. The largest absolute Gasteiger partial charge is 0.378 e. The highest BCUT2D eigenvalue weighted by Crippen LogP contribution is 2.10. The van der Waals surface area contributed by atoms with Crippen LogP contribution in [0.25, 0.3) is 10.9 Å². The van der Waals surface area contributed by atoms with Gasteiger partial charge in [-0.15, -0.1) is 0 Å². The smallest absolute Gasteiger partial charge is 0.261 e. The Balaban J connectivity index is 1.23. The zero-order valence-electron chi connectivity index (χ0n) is 17.8. The van der Waals surface area contributed by atoms with Gasteiger partial charge in [-0.25, -0.2) is 4.98 Å². The first kappa shape index (κ1) is 21.7. The Morgan fingerprint density at radius 1 is 1.03 bits per heavy atom. The minimum absolute atomic E-state index is 0.00214. The number of fused-ring (bicyclic) bond motifs is 1. The number of hydrogen-bond acceptors (Lipinski definition) is 5. The van der Waals surface area contributed by atoms with E-state index in [0.717, 1.165) is 5.56 Å². The number of carbonyl (C=O) groups excluding carboxylic acids is 2. The number of benzene rings is 2. The van der Waals surface area contributed by atoms with E-state index < -0.39 is 0 Å². The Hall–Kier alpha value is -3.52. The average molecular weight is 434 g/mol. The minimum Gasteiger partial charge on any atom is -0.378 e. The molecule has 0 bridgehead atoms. The number of amides is 2. The van der Waals surface area contributed by atoms with Crippen molar-refractivity contribution in [3.63, 3.8) is 0 Å². The van der Waals surface area contributed by atoms with Crippen LogP contribution in [0.2, 0.25) is 0 Å². The van der Waals surface area contributed by atoms with Gasteiger partial charge in [0.05, 0.1) is 30.4 Å². The molecule has 1 aromatic heterocycles. The highest BCUT2D eigenvalue weighted by molar-refractivity contribution is 5.94. The molecule has 3 aromatic rings. The Morgan fingerprint density at radius 3 is 2.56 bits per heavy atom. The predicted molar refractivity (Wildman–Crippen MR) is 120 cm³/mol. The lowest BCUT2D eigenvalue weighted by atomic mass is 10.1. The fourth-order valence-electron chi connectivity index (χ4n) is 3.68. The number of carbonyl (C=O) groups is 2. The standard InChI is InChI=1S/C24H26N4O4/c29-22(6-3-11-28-17-26-21-5-2-1-4-20(21)24(28)31)25-16-18-7-9-19(10-8-18)23(30)27-12-14-32-15-13-27/h1-2,4-5,7-10,17H,3,6,11-16H2,(H,25,29). The predicted octanol–water partition coefficient (Wildman–Crippen LogP) is 1.97. The molecule has 8 nitrogen and oxygen atoms in total. The first-order chi connectivity index (χ1) is 15.6. The van der Waals surface area contributed by atoms with Crippen molar-refractivity contribution in [3.8, 4) is 0 Å². The minimum atomic E-state index is -0.0947. The Labute approximate surface area is 185 Å². The van der Waals surface area contributed by atoms with Crippen LogP contribution < -0.4 is 10.9 Å². The molecule has 1 fully saturated rings. The maximum absolute atomic E-state index is 12.5. The monoisotopic (exact) mass is 434 g/mol. The fourth-order valence-corrected chi connectivity index (χ4v) is 3.68. The number of nitrogens with zero attached hydrogens (tertiary/aromatic N) is 3. The van der Waals surface area contributed by atoms with Crippen LogP contribution in [0.1, 0.15) is 28.8 Å². The molecule has 1 saturated heterocycles. The van der Waals surface area contributed by atoms with Gasteiger partial charge in [0.1, 0.15) is 0 Å². The van der Waals surface area contributed by atoms with Crippen LogP contribution in [0, 0.1) is 0 Å². The molecule has 32 heavy (non-hydrogen) atoms. The van der Waals surface area contributed by atoms with Crippen LogP contribution in [-0.2, 0) is 22.6 Å². The molecule has 0 atom stereocenters. The third kappa shape index (κ3) is 5.20. The van der Waals surface area contributed by atoms with E-state index in [1.807, 2.05) is 24.3 Å².